The number of nitrogens with zero attached hydrogens (tertiary/aromatic N) is 3. The van der Waals surface area contributed by atoms with Gasteiger partial charge in [0.25, 0.3) is 5.91 Å². The first-order valence-electron chi connectivity index (χ1n) is 6.20. The van der Waals surface area contributed by atoms with E-state index in [9.17, 15) is 9.18 Å². The molecule has 0 unspecified atom stereocenters. The molecule has 4 nitrogen and oxygen atoms in total. The summed E-state index contributed by atoms with van der Waals surface area (Å²) in [6, 6.07) is 4.47. The molecule has 0 fully saturated rings. The summed E-state index contributed by atoms with van der Waals surface area (Å²) in [7, 11) is 0. The van der Waals surface area contributed by atoms with Crippen LogP contribution in [0.3, 0.4) is 0 Å². The first-order valence-corrected chi connectivity index (χ1v) is 6.20. The molecule has 2 aromatic rings. The molecule has 5 heteroatoms. The van der Waals surface area contributed by atoms with Gasteiger partial charge in [-0.05, 0) is 30.7 Å². The number of carbonyl (C=O) groups excluding carboxylic acids is 1. The molecule has 1 aliphatic heterocycles. The third-order valence-corrected chi connectivity index (χ3v) is 3.44. The van der Waals surface area contributed by atoms with E-state index < -0.39 is 0 Å². The Morgan fingerprint density at radius 1 is 1.37 bits per heavy atom. The van der Waals surface area contributed by atoms with Gasteiger partial charge in [-0.15, -0.1) is 0 Å². The van der Waals surface area contributed by atoms with Crippen LogP contribution in [0.4, 0.5) is 4.39 Å². The number of benzene rings is 1. The minimum absolute atomic E-state index is 0.0719. The summed E-state index contributed by atoms with van der Waals surface area (Å²) in [6.07, 6.45) is 3.66. The number of aryl methyl sites for hydroxylation is 1. The van der Waals surface area contributed by atoms with Crippen LogP contribution in [-0.2, 0) is 13.1 Å². The van der Waals surface area contributed by atoms with Crippen molar-refractivity contribution in [1.82, 2.24) is 14.5 Å². The third kappa shape index (κ3) is 2.12. The highest BCUT2D eigenvalue weighted by Crippen LogP contribution is 2.16. The third-order valence-electron chi connectivity index (χ3n) is 3.44. The van der Waals surface area contributed by atoms with E-state index in [1.807, 2.05) is 10.8 Å². The van der Waals surface area contributed by atoms with Gasteiger partial charge in [-0.25, -0.2) is 9.37 Å². The Morgan fingerprint density at radius 3 is 3.00 bits per heavy atom. The fourth-order valence-corrected chi connectivity index (χ4v) is 2.31. The van der Waals surface area contributed by atoms with E-state index in [-0.39, 0.29) is 11.7 Å². The molecule has 0 N–H and O–H groups in total. The summed E-state index contributed by atoms with van der Waals surface area (Å²) in [5, 5.41) is 0. The zero-order valence-corrected chi connectivity index (χ0v) is 10.6. The molecule has 1 aliphatic rings. The molecule has 19 heavy (non-hydrogen) atoms. The molecule has 0 bridgehead atoms. The van der Waals surface area contributed by atoms with Crippen molar-refractivity contribution in [3.8, 4) is 0 Å². The number of halogens is 1. The molecule has 0 radical (unpaired) electrons. The highest BCUT2D eigenvalue weighted by molar-refractivity contribution is 5.94. The molecule has 0 aliphatic carbocycles. The van der Waals surface area contributed by atoms with E-state index in [1.54, 1.807) is 24.1 Å². The molecule has 2 heterocycles. The summed E-state index contributed by atoms with van der Waals surface area (Å²) in [5.74, 6) is 0.529. The Hall–Kier alpha value is -2.17. The standard InChI is InChI=1S/C14H14FN3O/c1-10-8-11(2-3-12(10)15)14(19)18-7-6-17-5-4-16-13(17)9-18/h2-5,8H,6-7,9H2,1H3. The van der Waals surface area contributed by atoms with E-state index in [1.165, 1.54) is 12.1 Å². The maximum absolute atomic E-state index is 13.2. The molecule has 1 aromatic heterocycles. The average Bonchev–Trinajstić information content (AvgIpc) is 2.88. The van der Waals surface area contributed by atoms with Crippen molar-refractivity contribution in [3.05, 3.63) is 53.4 Å². The lowest BCUT2D eigenvalue weighted by molar-refractivity contribution is 0.0707. The molecular formula is C14H14FN3O. The van der Waals surface area contributed by atoms with Crippen molar-refractivity contribution < 1.29 is 9.18 Å². The first kappa shape index (κ1) is 11.9. The van der Waals surface area contributed by atoms with Crippen LogP contribution in [0, 0.1) is 12.7 Å². The predicted octanol–water partition coefficient (Wildman–Crippen LogP) is 1.99. The van der Waals surface area contributed by atoms with Gasteiger partial charge in [0.1, 0.15) is 11.6 Å². The lowest BCUT2D eigenvalue weighted by Crippen LogP contribution is -2.38. The quantitative estimate of drug-likeness (QED) is 0.785. The van der Waals surface area contributed by atoms with Crippen LogP contribution in [0.15, 0.2) is 30.6 Å². The molecule has 0 saturated carbocycles. The molecule has 0 atom stereocenters. The summed E-state index contributed by atoms with van der Waals surface area (Å²) in [6.45, 7) is 3.57. The minimum Gasteiger partial charge on any atom is -0.332 e. The first-order chi connectivity index (χ1) is 9.15. The highest BCUT2D eigenvalue weighted by atomic mass is 19.1. The largest absolute Gasteiger partial charge is 0.332 e. The average molecular weight is 259 g/mol. The van der Waals surface area contributed by atoms with Gasteiger partial charge in [-0.3, -0.25) is 4.79 Å². The van der Waals surface area contributed by atoms with Crippen LogP contribution in [0.25, 0.3) is 0 Å². The Bertz CT molecular complexity index is 635. The lowest BCUT2D eigenvalue weighted by atomic mass is 10.1. The maximum atomic E-state index is 13.2. The number of hydrogen-bond acceptors (Lipinski definition) is 2. The lowest BCUT2D eigenvalue weighted by Gasteiger charge is -2.27. The van der Waals surface area contributed by atoms with Crippen molar-refractivity contribution in [2.24, 2.45) is 0 Å². The fourth-order valence-electron chi connectivity index (χ4n) is 2.31. The van der Waals surface area contributed by atoms with Gasteiger partial charge in [-0.2, -0.15) is 0 Å². The number of imidazole rings is 1. The predicted molar refractivity (Wildman–Crippen MR) is 68.1 cm³/mol. The molecule has 1 amide bonds. The van der Waals surface area contributed by atoms with E-state index in [4.69, 9.17) is 0 Å². The molecule has 3 rings (SSSR count). The van der Waals surface area contributed by atoms with Crippen LogP contribution in [0.5, 0.6) is 0 Å². The number of amides is 1. The Kier molecular flexibility index (Phi) is 2.81. The second-order valence-corrected chi connectivity index (χ2v) is 4.73. The van der Waals surface area contributed by atoms with Gasteiger partial charge in [0.15, 0.2) is 0 Å². The minimum atomic E-state index is -0.286. The molecular weight excluding hydrogens is 245 g/mol. The summed E-state index contributed by atoms with van der Waals surface area (Å²) < 4.78 is 15.3. The Labute approximate surface area is 110 Å². The van der Waals surface area contributed by atoms with Crippen LogP contribution in [-0.4, -0.2) is 26.9 Å². The maximum Gasteiger partial charge on any atom is 0.254 e. The SMILES string of the molecule is Cc1cc(C(=O)N2CCn3ccnc3C2)ccc1F. The Morgan fingerprint density at radius 2 is 2.21 bits per heavy atom. The van der Waals surface area contributed by atoms with E-state index in [2.05, 4.69) is 4.98 Å². The summed E-state index contributed by atoms with van der Waals surface area (Å²) in [5.41, 5.74) is 1.02. The molecule has 98 valence electrons. The highest BCUT2D eigenvalue weighted by Gasteiger charge is 2.22. The van der Waals surface area contributed by atoms with E-state index >= 15 is 0 Å². The van der Waals surface area contributed by atoms with Gasteiger partial charge < -0.3 is 9.47 Å². The topological polar surface area (TPSA) is 38.1 Å². The number of fused-ring (bicyclic) bond motifs is 1. The number of carbonyl (C=O) groups is 1. The van der Waals surface area contributed by atoms with Crippen LogP contribution in [0.1, 0.15) is 21.7 Å². The van der Waals surface area contributed by atoms with Gasteiger partial charge in [0.2, 0.25) is 0 Å². The van der Waals surface area contributed by atoms with Crippen molar-refractivity contribution >= 4 is 5.91 Å². The monoisotopic (exact) mass is 259 g/mol. The van der Waals surface area contributed by atoms with Crippen molar-refractivity contribution in [3.63, 3.8) is 0 Å². The smallest absolute Gasteiger partial charge is 0.254 e. The zero-order valence-electron chi connectivity index (χ0n) is 10.6. The summed E-state index contributed by atoms with van der Waals surface area (Å²) >= 11 is 0. The summed E-state index contributed by atoms with van der Waals surface area (Å²) in [4.78, 5) is 18.3. The zero-order chi connectivity index (χ0) is 13.4. The van der Waals surface area contributed by atoms with Crippen LogP contribution < -0.4 is 0 Å². The fraction of sp³-hybridized carbons (Fsp3) is 0.286. The van der Waals surface area contributed by atoms with E-state index in [0.717, 1.165) is 12.4 Å². The van der Waals surface area contributed by atoms with Crippen LogP contribution >= 0.6 is 0 Å². The van der Waals surface area contributed by atoms with Gasteiger partial charge in [0.05, 0.1) is 6.54 Å². The molecule has 1 aromatic carbocycles. The van der Waals surface area contributed by atoms with E-state index in [0.29, 0.717) is 24.2 Å². The second kappa shape index (κ2) is 4.50. The van der Waals surface area contributed by atoms with Gasteiger partial charge in [0, 0.05) is 31.0 Å². The number of hydrogen-bond donors (Lipinski definition) is 0. The number of aromatic nitrogens is 2. The van der Waals surface area contributed by atoms with Crippen molar-refractivity contribution in [2.45, 2.75) is 20.0 Å². The Balaban J connectivity index is 1.83. The normalized spacial score (nSPS) is 14.3. The van der Waals surface area contributed by atoms with Gasteiger partial charge in [-0.1, -0.05) is 0 Å². The van der Waals surface area contributed by atoms with Crippen molar-refractivity contribution in [2.75, 3.05) is 6.54 Å². The van der Waals surface area contributed by atoms with Crippen molar-refractivity contribution in [1.29, 1.82) is 0 Å². The number of rotatable bonds is 1. The molecule has 0 spiro atoms. The molecule has 0 saturated heterocycles. The van der Waals surface area contributed by atoms with Crippen LogP contribution in [0.2, 0.25) is 0 Å². The second-order valence-electron chi connectivity index (χ2n) is 4.73. The van der Waals surface area contributed by atoms with Gasteiger partial charge >= 0.3 is 0 Å².